The molecule has 2 aromatic rings. The second-order valence-electron chi connectivity index (χ2n) is 6.88. The molecular weight excluding hydrogens is 359 g/mol. The molecular formula is C22H25FN2O3. The summed E-state index contributed by atoms with van der Waals surface area (Å²) in [4.78, 5) is 28.8. The molecule has 0 bridgehead atoms. The third-order valence-corrected chi connectivity index (χ3v) is 5.01. The second kappa shape index (κ2) is 9.35. The largest absolute Gasteiger partial charge is 0.497 e. The van der Waals surface area contributed by atoms with Gasteiger partial charge < -0.3 is 14.5 Å². The van der Waals surface area contributed by atoms with Crippen LogP contribution in [0, 0.1) is 5.82 Å². The molecule has 5 nitrogen and oxygen atoms in total. The van der Waals surface area contributed by atoms with Crippen LogP contribution >= 0.6 is 0 Å². The highest BCUT2D eigenvalue weighted by Gasteiger charge is 2.22. The van der Waals surface area contributed by atoms with Gasteiger partial charge in [0.05, 0.1) is 7.11 Å². The molecule has 0 atom stereocenters. The molecule has 1 aliphatic rings. The van der Waals surface area contributed by atoms with Crippen LogP contribution < -0.4 is 4.74 Å². The van der Waals surface area contributed by atoms with E-state index in [-0.39, 0.29) is 17.6 Å². The van der Waals surface area contributed by atoms with Gasteiger partial charge in [-0.3, -0.25) is 9.59 Å². The van der Waals surface area contributed by atoms with Crippen molar-refractivity contribution in [3.63, 3.8) is 0 Å². The Labute approximate surface area is 164 Å². The number of halogens is 1. The topological polar surface area (TPSA) is 49.9 Å². The first-order chi connectivity index (χ1) is 13.6. The fourth-order valence-electron chi connectivity index (χ4n) is 3.35. The summed E-state index contributed by atoms with van der Waals surface area (Å²) in [5.41, 5.74) is 1.57. The highest BCUT2D eigenvalue weighted by Crippen LogP contribution is 2.14. The molecule has 28 heavy (non-hydrogen) atoms. The average Bonchev–Trinajstić information content (AvgIpc) is 2.99. The van der Waals surface area contributed by atoms with Gasteiger partial charge in [-0.1, -0.05) is 12.1 Å². The predicted octanol–water partition coefficient (Wildman–Crippen LogP) is 3.14. The van der Waals surface area contributed by atoms with Gasteiger partial charge in [-0.25, -0.2) is 4.39 Å². The Morgan fingerprint density at radius 3 is 2.25 bits per heavy atom. The molecule has 0 aliphatic carbocycles. The van der Waals surface area contributed by atoms with Crippen LogP contribution in [0.15, 0.2) is 48.5 Å². The van der Waals surface area contributed by atoms with Crippen molar-refractivity contribution < 1.29 is 18.7 Å². The lowest BCUT2D eigenvalue weighted by atomic mass is 10.1. The Bertz CT molecular complexity index is 806. The van der Waals surface area contributed by atoms with Crippen molar-refractivity contribution >= 4 is 11.8 Å². The second-order valence-corrected chi connectivity index (χ2v) is 6.88. The molecule has 0 saturated carbocycles. The van der Waals surface area contributed by atoms with Gasteiger partial charge in [-0.2, -0.15) is 0 Å². The number of amides is 2. The quantitative estimate of drug-likeness (QED) is 0.796. The summed E-state index contributed by atoms with van der Waals surface area (Å²) in [6.45, 7) is 2.26. The SMILES string of the molecule is COc1ccc(CCC(=O)N2CCCN(C(=O)c3ccc(F)cc3)CC2)cc1. The average molecular weight is 384 g/mol. The van der Waals surface area contributed by atoms with Gasteiger partial charge in [0.15, 0.2) is 0 Å². The van der Waals surface area contributed by atoms with E-state index in [2.05, 4.69) is 0 Å². The van der Waals surface area contributed by atoms with E-state index < -0.39 is 0 Å². The van der Waals surface area contributed by atoms with Gasteiger partial charge in [-0.05, 0) is 54.8 Å². The minimum Gasteiger partial charge on any atom is -0.497 e. The minimum absolute atomic E-state index is 0.104. The molecule has 148 valence electrons. The maximum absolute atomic E-state index is 13.1. The molecule has 6 heteroatoms. The van der Waals surface area contributed by atoms with Crippen molar-refractivity contribution in [1.82, 2.24) is 9.80 Å². The van der Waals surface area contributed by atoms with Crippen molar-refractivity contribution in [1.29, 1.82) is 0 Å². The summed E-state index contributed by atoms with van der Waals surface area (Å²) in [5.74, 6) is 0.425. The molecule has 0 spiro atoms. The fourth-order valence-corrected chi connectivity index (χ4v) is 3.35. The van der Waals surface area contributed by atoms with Crippen LogP contribution in [0.3, 0.4) is 0 Å². The van der Waals surface area contributed by atoms with Gasteiger partial charge in [0.2, 0.25) is 5.91 Å². The van der Waals surface area contributed by atoms with E-state index in [1.807, 2.05) is 29.2 Å². The third kappa shape index (κ3) is 5.09. The maximum Gasteiger partial charge on any atom is 0.253 e. The smallest absolute Gasteiger partial charge is 0.253 e. The van der Waals surface area contributed by atoms with Crippen molar-refractivity contribution in [3.05, 3.63) is 65.5 Å². The number of rotatable bonds is 5. The molecule has 1 heterocycles. The Balaban J connectivity index is 1.51. The van der Waals surface area contributed by atoms with Crippen molar-refractivity contribution in [2.24, 2.45) is 0 Å². The van der Waals surface area contributed by atoms with Gasteiger partial charge in [0.1, 0.15) is 11.6 Å². The molecule has 0 radical (unpaired) electrons. The first kappa shape index (κ1) is 19.9. The van der Waals surface area contributed by atoms with Crippen LogP contribution in [0.5, 0.6) is 5.75 Å². The van der Waals surface area contributed by atoms with E-state index in [0.29, 0.717) is 44.6 Å². The number of benzene rings is 2. The van der Waals surface area contributed by atoms with Gasteiger partial charge in [-0.15, -0.1) is 0 Å². The van der Waals surface area contributed by atoms with Gasteiger partial charge in [0, 0.05) is 38.2 Å². The van der Waals surface area contributed by atoms with Crippen LogP contribution in [0.25, 0.3) is 0 Å². The van der Waals surface area contributed by atoms with E-state index in [4.69, 9.17) is 4.74 Å². The molecule has 0 aromatic heterocycles. The van der Waals surface area contributed by atoms with E-state index in [9.17, 15) is 14.0 Å². The number of aryl methyl sites for hydroxylation is 1. The Hall–Kier alpha value is -2.89. The standard InChI is InChI=1S/C22H25FN2O3/c1-28-20-10-3-17(4-11-20)5-12-21(26)24-13-2-14-25(16-15-24)22(27)18-6-8-19(23)9-7-18/h3-4,6-11H,2,5,12-16H2,1H3. The summed E-state index contributed by atoms with van der Waals surface area (Å²) in [5, 5.41) is 0. The molecule has 0 unspecified atom stereocenters. The minimum atomic E-state index is -0.360. The zero-order valence-corrected chi connectivity index (χ0v) is 16.1. The Kier molecular flexibility index (Phi) is 6.63. The van der Waals surface area contributed by atoms with E-state index >= 15 is 0 Å². The van der Waals surface area contributed by atoms with Gasteiger partial charge >= 0.3 is 0 Å². The molecule has 0 N–H and O–H groups in total. The number of hydrogen-bond acceptors (Lipinski definition) is 3. The fraction of sp³-hybridized carbons (Fsp3) is 0.364. The first-order valence-corrected chi connectivity index (χ1v) is 9.52. The normalized spacial score (nSPS) is 14.5. The zero-order chi connectivity index (χ0) is 19.9. The number of methoxy groups -OCH3 is 1. The van der Waals surface area contributed by atoms with E-state index in [1.165, 1.54) is 24.3 Å². The highest BCUT2D eigenvalue weighted by atomic mass is 19.1. The lowest BCUT2D eigenvalue weighted by Crippen LogP contribution is -2.37. The van der Waals surface area contributed by atoms with Crippen LogP contribution in [-0.2, 0) is 11.2 Å². The number of carbonyl (C=O) groups excluding carboxylic acids is 2. The van der Waals surface area contributed by atoms with Crippen molar-refractivity contribution in [2.45, 2.75) is 19.3 Å². The maximum atomic E-state index is 13.1. The van der Waals surface area contributed by atoms with Crippen molar-refractivity contribution in [2.75, 3.05) is 33.3 Å². The van der Waals surface area contributed by atoms with Crippen LogP contribution in [0.2, 0.25) is 0 Å². The molecule has 3 rings (SSSR count). The molecule has 1 fully saturated rings. The van der Waals surface area contributed by atoms with E-state index in [0.717, 1.165) is 17.7 Å². The number of nitrogens with zero attached hydrogens (tertiary/aromatic N) is 2. The van der Waals surface area contributed by atoms with Gasteiger partial charge in [0.25, 0.3) is 5.91 Å². The predicted molar refractivity (Wildman–Crippen MR) is 105 cm³/mol. The van der Waals surface area contributed by atoms with Crippen LogP contribution in [0.4, 0.5) is 4.39 Å². The monoisotopic (exact) mass is 384 g/mol. The number of carbonyl (C=O) groups is 2. The summed E-state index contributed by atoms with van der Waals surface area (Å²) >= 11 is 0. The zero-order valence-electron chi connectivity index (χ0n) is 16.1. The molecule has 2 amide bonds. The van der Waals surface area contributed by atoms with Crippen LogP contribution in [-0.4, -0.2) is 54.9 Å². The Morgan fingerprint density at radius 1 is 0.929 bits per heavy atom. The number of ether oxygens (including phenoxy) is 1. The molecule has 2 aromatic carbocycles. The van der Waals surface area contributed by atoms with E-state index in [1.54, 1.807) is 12.0 Å². The Morgan fingerprint density at radius 2 is 1.57 bits per heavy atom. The third-order valence-electron chi connectivity index (χ3n) is 5.01. The summed E-state index contributed by atoms with van der Waals surface area (Å²) in [6, 6.07) is 13.3. The van der Waals surface area contributed by atoms with Crippen molar-refractivity contribution in [3.8, 4) is 5.75 Å². The summed E-state index contributed by atoms with van der Waals surface area (Å²) < 4.78 is 18.2. The summed E-state index contributed by atoms with van der Waals surface area (Å²) in [6.07, 6.45) is 1.86. The molecule has 1 saturated heterocycles. The highest BCUT2D eigenvalue weighted by molar-refractivity contribution is 5.94. The summed E-state index contributed by atoms with van der Waals surface area (Å²) in [7, 11) is 1.63. The number of hydrogen-bond donors (Lipinski definition) is 0. The lowest BCUT2D eigenvalue weighted by Gasteiger charge is -2.22. The molecule has 1 aliphatic heterocycles. The lowest BCUT2D eigenvalue weighted by molar-refractivity contribution is -0.131. The first-order valence-electron chi connectivity index (χ1n) is 9.52. The van der Waals surface area contributed by atoms with Crippen LogP contribution in [0.1, 0.15) is 28.8 Å².